The van der Waals surface area contributed by atoms with Gasteiger partial charge >= 0.3 is 23.1 Å². The fourth-order valence-corrected chi connectivity index (χ4v) is 19.5. The molecule has 2 aromatic carbocycles. The molecule has 2 aliphatic heterocycles. The molecule has 19 nitrogen and oxygen atoms in total. The standard InChI is InChI=1S/C41H57N7O12Si2/c1-24(2)61(25(3)4)58-35-34(37(59-62(60-61,26(5)6)27(7)8)41(49)55-21-19-30-12-16-32(17-13-30)48(52)53)57-40(46-23-45-33-38(42)43-22-44-39(33)46)36(35)56-28(9)54-20-18-29-10-14-31(15-11-29)47(50)51/h10-17,22-28,34-37,40H,18-21H2,1-9H3,(H2,42,43,44)/t28?,34-,35+,36+,37?,40+/m0/s1. The lowest BCUT2D eigenvalue weighted by molar-refractivity contribution is -0.385. The van der Waals surface area contributed by atoms with E-state index in [1.165, 1.54) is 36.9 Å². The van der Waals surface area contributed by atoms with E-state index < -0.39 is 69.9 Å². The third-order valence-electron chi connectivity index (χ3n) is 11.6. The quantitative estimate of drug-likeness (QED) is 0.0362. The summed E-state index contributed by atoms with van der Waals surface area (Å²) in [5.41, 5.74) is 8.04. The summed E-state index contributed by atoms with van der Waals surface area (Å²) in [5, 5.41) is 22.4. The van der Waals surface area contributed by atoms with Gasteiger partial charge in [-0.1, -0.05) is 79.7 Å². The van der Waals surface area contributed by atoms with Gasteiger partial charge < -0.3 is 37.6 Å². The number of carbonyl (C=O) groups excluding carboxylic acids is 1. The molecule has 0 aliphatic carbocycles. The summed E-state index contributed by atoms with van der Waals surface area (Å²) in [7, 11) is -6.76. The minimum Gasteiger partial charge on any atom is -0.463 e. The third kappa shape index (κ3) is 9.59. The lowest BCUT2D eigenvalue weighted by Crippen LogP contribution is -2.68. The van der Waals surface area contributed by atoms with Gasteiger partial charge in [-0.2, -0.15) is 0 Å². The molecular weight excluding hydrogens is 839 g/mol. The normalized spacial score (nSPS) is 22.8. The number of carbonyl (C=O) groups is 1. The number of esters is 1. The van der Waals surface area contributed by atoms with Crippen molar-refractivity contribution < 1.29 is 46.6 Å². The van der Waals surface area contributed by atoms with Crippen LogP contribution < -0.4 is 5.73 Å². The van der Waals surface area contributed by atoms with Crippen molar-refractivity contribution in [3.8, 4) is 0 Å². The molecule has 62 heavy (non-hydrogen) atoms. The number of fused-ring (bicyclic) bond motifs is 2. The van der Waals surface area contributed by atoms with Gasteiger partial charge in [0.25, 0.3) is 11.4 Å². The lowest BCUT2D eigenvalue weighted by Gasteiger charge is -2.52. The molecule has 4 heterocycles. The van der Waals surface area contributed by atoms with E-state index >= 15 is 0 Å². The zero-order chi connectivity index (χ0) is 45.1. The molecule has 2 unspecified atom stereocenters. The number of rotatable bonds is 17. The summed E-state index contributed by atoms with van der Waals surface area (Å²) < 4.78 is 50.0. The van der Waals surface area contributed by atoms with Gasteiger partial charge in [0.1, 0.15) is 30.2 Å². The van der Waals surface area contributed by atoms with Gasteiger partial charge in [-0.3, -0.25) is 24.8 Å². The topological polar surface area (TPSA) is 238 Å². The van der Waals surface area contributed by atoms with Crippen LogP contribution in [0.5, 0.6) is 0 Å². The van der Waals surface area contributed by atoms with Gasteiger partial charge in [0.2, 0.25) is 0 Å². The van der Waals surface area contributed by atoms with E-state index in [4.69, 9.17) is 37.6 Å². The van der Waals surface area contributed by atoms with Gasteiger partial charge in [0.05, 0.1) is 29.4 Å². The Kier molecular flexibility index (Phi) is 14.6. The van der Waals surface area contributed by atoms with Gasteiger partial charge in [-0.15, -0.1) is 0 Å². The highest BCUT2D eigenvalue weighted by atomic mass is 28.5. The number of nitro benzene ring substituents is 2. The molecule has 2 aliphatic rings. The van der Waals surface area contributed by atoms with E-state index in [9.17, 15) is 25.0 Å². The predicted octanol–water partition coefficient (Wildman–Crippen LogP) is 7.22. The highest BCUT2D eigenvalue weighted by Crippen LogP contribution is 2.51. The number of non-ortho nitro benzene ring substituents is 2. The first-order valence-electron chi connectivity index (χ1n) is 20.9. The third-order valence-corrected chi connectivity index (χ3v) is 21.9. The molecule has 21 heteroatoms. The maximum Gasteiger partial charge on any atom is 0.336 e. The fraction of sp³-hybridized carbons (Fsp3) is 0.561. The molecule has 0 spiro atoms. The Morgan fingerprint density at radius 3 is 1.84 bits per heavy atom. The maximum atomic E-state index is 14.7. The largest absolute Gasteiger partial charge is 0.463 e. The zero-order valence-corrected chi connectivity index (χ0v) is 38.5. The fourth-order valence-electron chi connectivity index (χ4n) is 8.30. The predicted molar refractivity (Wildman–Crippen MR) is 231 cm³/mol. The Morgan fingerprint density at radius 1 is 0.774 bits per heavy atom. The van der Waals surface area contributed by atoms with Gasteiger partial charge in [0.15, 0.2) is 30.1 Å². The maximum absolute atomic E-state index is 14.7. The minimum atomic E-state index is -3.41. The van der Waals surface area contributed by atoms with Gasteiger partial charge in [0, 0.05) is 30.7 Å². The first kappa shape index (κ1) is 46.7. The average molecular weight is 896 g/mol. The Labute approximate surface area is 362 Å². The Balaban J connectivity index is 1.40. The number of nitro groups is 2. The second kappa shape index (κ2) is 19.3. The van der Waals surface area contributed by atoms with Crippen LogP contribution in [0, 0.1) is 20.2 Å². The van der Waals surface area contributed by atoms with Crippen molar-refractivity contribution in [2.24, 2.45) is 0 Å². The number of hydrogen-bond acceptors (Lipinski definition) is 16. The number of anilines is 1. The summed E-state index contributed by atoms with van der Waals surface area (Å²) in [6.45, 7) is 18.4. The van der Waals surface area contributed by atoms with Crippen molar-refractivity contribution in [1.29, 1.82) is 0 Å². The molecule has 2 aromatic heterocycles. The highest BCUT2D eigenvalue weighted by molar-refractivity contribution is 6.84. The van der Waals surface area contributed by atoms with Crippen LogP contribution in [0.3, 0.4) is 0 Å². The average Bonchev–Trinajstić information content (AvgIpc) is 3.79. The second-order valence-electron chi connectivity index (χ2n) is 16.9. The summed E-state index contributed by atoms with van der Waals surface area (Å²) in [6.07, 6.45) is -2.66. The van der Waals surface area contributed by atoms with Crippen LogP contribution in [0.15, 0.2) is 61.2 Å². The van der Waals surface area contributed by atoms with E-state index in [2.05, 4.69) is 42.6 Å². The molecule has 2 fully saturated rings. The van der Waals surface area contributed by atoms with E-state index in [-0.39, 0.29) is 59.0 Å². The summed E-state index contributed by atoms with van der Waals surface area (Å²) >= 11 is 0. The first-order chi connectivity index (χ1) is 29.4. The molecule has 6 atom stereocenters. The van der Waals surface area contributed by atoms with Crippen LogP contribution in [-0.2, 0) is 49.6 Å². The minimum absolute atomic E-state index is 0.00444. The Morgan fingerprint density at radius 2 is 1.31 bits per heavy atom. The molecule has 0 saturated carbocycles. The summed E-state index contributed by atoms with van der Waals surface area (Å²) in [6, 6.07) is 12.3. The smallest absolute Gasteiger partial charge is 0.336 e. The monoisotopic (exact) mass is 895 g/mol. The molecule has 0 amide bonds. The van der Waals surface area contributed by atoms with Gasteiger partial charge in [-0.25, -0.2) is 19.7 Å². The number of nitrogen functional groups attached to an aromatic ring is 1. The summed E-state index contributed by atoms with van der Waals surface area (Å²) in [4.78, 5) is 49.3. The van der Waals surface area contributed by atoms with Crippen LogP contribution in [0.2, 0.25) is 22.2 Å². The molecule has 4 aromatic rings. The number of benzene rings is 2. The number of aromatic nitrogens is 4. The highest BCUT2D eigenvalue weighted by Gasteiger charge is 2.65. The van der Waals surface area contributed by atoms with Crippen molar-refractivity contribution in [3.63, 3.8) is 0 Å². The van der Waals surface area contributed by atoms with Crippen molar-refractivity contribution in [3.05, 3.63) is 92.5 Å². The first-order valence-corrected chi connectivity index (χ1v) is 24.9. The SMILES string of the molecule is CC(OCCc1ccc([N+](=O)[O-])cc1)O[C@@H]1[C@@H]2O[Si](C(C)C)(C(C)C)O[Si](C(C)C)(C(C)C)OC(C(=O)OCCc3ccc([N+](=O)[O-])cc3)[C@H]2O[C@H]1n1cnc2c(N)ncnc21. The Bertz CT molecular complexity index is 2180. The van der Waals surface area contributed by atoms with Crippen molar-refractivity contribution >= 4 is 51.4 Å². The summed E-state index contributed by atoms with van der Waals surface area (Å²) in [5.74, 6) is -0.527. The second-order valence-corrected chi connectivity index (χ2v) is 25.7. The number of ether oxygens (including phenoxy) is 4. The van der Waals surface area contributed by atoms with Crippen LogP contribution >= 0.6 is 0 Å². The molecule has 0 radical (unpaired) electrons. The molecule has 336 valence electrons. The number of hydrogen-bond donors (Lipinski definition) is 1. The van der Waals surface area contributed by atoms with Crippen LogP contribution in [0.4, 0.5) is 17.2 Å². The van der Waals surface area contributed by atoms with Crippen molar-refractivity contribution in [1.82, 2.24) is 19.5 Å². The number of nitrogens with zero attached hydrogens (tertiary/aromatic N) is 6. The van der Waals surface area contributed by atoms with Crippen LogP contribution in [0.25, 0.3) is 11.2 Å². The van der Waals surface area contributed by atoms with Crippen molar-refractivity contribution in [2.75, 3.05) is 18.9 Å². The molecule has 6 rings (SSSR count). The van der Waals surface area contributed by atoms with E-state index in [0.717, 1.165) is 11.1 Å². The van der Waals surface area contributed by atoms with E-state index in [1.807, 2.05) is 27.7 Å². The molecule has 0 bridgehead atoms. The molecule has 2 saturated heterocycles. The van der Waals surface area contributed by atoms with E-state index in [0.29, 0.717) is 17.6 Å². The van der Waals surface area contributed by atoms with Gasteiger partial charge in [-0.05, 0) is 46.6 Å². The lowest BCUT2D eigenvalue weighted by atomic mass is 10.1. The molecular formula is C41H57N7O12Si2. The Hall–Kier alpha value is -4.75. The zero-order valence-electron chi connectivity index (χ0n) is 36.5. The van der Waals surface area contributed by atoms with Crippen molar-refractivity contribution in [2.45, 2.75) is 134 Å². The van der Waals surface area contributed by atoms with E-state index in [1.54, 1.807) is 35.8 Å². The van der Waals surface area contributed by atoms with Crippen LogP contribution in [0.1, 0.15) is 79.7 Å². The van der Waals surface area contributed by atoms with Crippen LogP contribution in [-0.4, -0.2) is 96.4 Å². The number of nitrogens with two attached hydrogens (primary N) is 1. The molecule has 2 N–H and O–H groups in total. The number of imidazole rings is 1.